The van der Waals surface area contributed by atoms with E-state index in [2.05, 4.69) is 0 Å². The first-order valence-corrected chi connectivity index (χ1v) is 6.57. The van der Waals surface area contributed by atoms with E-state index < -0.39 is 4.92 Å². The molecule has 22 heavy (non-hydrogen) atoms. The van der Waals surface area contributed by atoms with Crippen LogP contribution in [0, 0.1) is 34.2 Å². The van der Waals surface area contributed by atoms with Crippen LogP contribution in [0.5, 0.6) is 0 Å². The van der Waals surface area contributed by atoms with Crippen LogP contribution in [0.3, 0.4) is 0 Å². The molecule has 0 radical (unpaired) electrons. The molecule has 0 aromatic heterocycles. The van der Waals surface area contributed by atoms with Crippen LogP contribution in [-0.4, -0.2) is 12.0 Å². The molecule has 0 N–H and O–H groups in total. The zero-order chi connectivity index (χ0) is 16.3. The van der Waals surface area contributed by atoms with Gasteiger partial charge >= 0.3 is 0 Å². The van der Waals surface area contributed by atoms with Crippen molar-refractivity contribution in [3.63, 3.8) is 0 Å². The van der Waals surface area contributed by atoms with E-state index in [4.69, 9.17) is 5.26 Å². The first kappa shape index (κ1) is 15.4. The summed E-state index contributed by atoms with van der Waals surface area (Å²) in [5, 5.41) is 19.8. The van der Waals surface area contributed by atoms with Crippen molar-refractivity contribution in [3.8, 4) is 6.07 Å². The molecule has 0 amide bonds. The van der Waals surface area contributed by atoms with Gasteiger partial charge in [-0.15, -0.1) is 0 Å². The van der Waals surface area contributed by atoms with Gasteiger partial charge in [0, 0.05) is 25.3 Å². The summed E-state index contributed by atoms with van der Waals surface area (Å²) < 4.78 is 13.6. The van der Waals surface area contributed by atoms with Crippen molar-refractivity contribution in [1.29, 1.82) is 5.26 Å². The van der Waals surface area contributed by atoms with Crippen LogP contribution in [0.1, 0.15) is 16.7 Å². The zero-order valence-corrected chi connectivity index (χ0v) is 12.2. The summed E-state index contributed by atoms with van der Waals surface area (Å²) in [4.78, 5) is 12.0. The molecule has 2 aromatic rings. The molecule has 0 heterocycles. The molecule has 0 aliphatic carbocycles. The first-order valence-electron chi connectivity index (χ1n) is 6.57. The van der Waals surface area contributed by atoms with Gasteiger partial charge in [0.15, 0.2) is 0 Å². The maximum atomic E-state index is 13.6. The molecular formula is C16H14FN3O2. The Hall–Kier alpha value is -2.94. The molecule has 0 saturated heterocycles. The second-order valence-corrected chi connectivity index (χ2v) is 5.01. The Bertz CT molecular complexity index is 768. The average Bonchev–Trinajstić information content (AvgIpc) is 2.50. The Morgan fingerprint density at radius 3 is 2.64 bits per heavy atom. The smallest absolute Gasteiger partial charge is 0.287 e. The van der Waals surface area contributed by atoms with E-state index in [1.807, 2.05) is 12.1 Å². The molecule has 0 atom stereocenters. The lowest BCUT2D eigenvalue weighted by atomic mass is 10.1. The fourth-order valence-corrected chi connectivity index (χ4v) is 2.11. The molecule has 0 spiro atoms. The van der Waals surface area contributed by atoms with Crippen LogP contribution in [0.2, 0.25) is 0 Å². The van der Waals surface area contributed by atoms with Gasteiger partial charge in [0.2, 0.25) is 0 Å². The molecule has 5 nitrogen and oxygen atoms in total. The van der Waals surface area contributed by atoms with Crippen LogP contribution >= 0.6 is 0 Å². The molecule has 0 unspecified atom stereocenters. The predicted octanol–water partition coefficient (Wildman–Crippen LogP) is 3.55. The number of rotatable bonds is 4. The lowest BCUT2D eigenvalue weighted by Crippen LogP contribution is -2.16. The molecule has 0 aliphatic rings. The highest BCUT2D eigenvalue weighted by atomic mass is 19.1. The summed E-state index contributed by atoms with van der Waals surface area (Å²) in [6.45, 7) is 2.12. The van der Waals surface area contributed by atoms with Crippen LogP contribution < -0.4 is 4.90 Å². The van der Waals surface area contributed by atoms with Crippen LogP contribution in [-0.2, 0) is 6.54 Å². The highest BCUT2D eigenvalue weighted by molar-refractivity contribution is 5.59. The lowest BCUT2D eigenvalue weighted by Gasteiger charge is -2.19. The summed E-state index contributed by atoms with van der Waals surface area (Å²) in [5.74, 6) is -0.271. The highest BCUT2D eigenvalue weighted by Crippen LogP contribution is 2.25. The molecule has 0 fully saturated rings. The maximum absolute atomic E-state index is 13.6. The van der Waals surface area contributed by atoms with Crippen molar-refractivity contribution in [2.45, 2.75) is 13.5 Å². The molecule has 2 rings (SSSR count). The summed E-state index contributed by atoms with van der Waals surface area (Å²) >= 11 is 0. The molecule has 0 bridgehead atoms. The Morgan fingerprint density at radius 2 is 2.05 bits per heavy atom. The number of nitriles is 1. The number of anilines is 1. The van der Waals surface area contributed by atoms with Gasteiger partial charge in [-0.05, 0) is 36.2 Å². The Balaban J connectivity index is 2.26. The molecule has 112 valence electrons. The van der Waals surface area contributed by atoms with E-state index in [1.165, 1.54) is 18.2 Å². The summed E-state index contributed by atoms with van der Waals surface area (Å²) in [6.07, 6.45) is 0. The number of benzene rings is 2. The Morgan fingerprint density at radius 1 is 1.32 bits per heavy atom. The summed E-state index contributed by atoms with van der Waals surface area (Å²) in [7, 11) is 1.78. The summed E-state index contributed by atoms with van der Waals surface area (Å²) in [6, 6.07) is 11.2. The second-order valence-electron chi connectivity index (χ2n) is 5.01. The average molecular weight is 299 g/mol. The van der Waals surface area contributed by atoms with Crippen molar-refractivity contribution in [1.82, 2.24) is 0 Å². The van der Waals surface area contributed by atoms with Crippen LogP contribution in [0.4, 0.5) is 15.8 Å². The zero-order valence-electron chi connectivity index (χ0n) is 12.2. The minimum atomic E-state index is -0.586. The van der Waals surface area contributed by atoms with Gasteiger partial charge in [-0.25, -0.2) is 4.39 Å². The second kappa shape index (κ2) is 6.22. The highest BCUT2D eigenvalue weighted by Gasteiger charge is 2.15. The number of hydrogen-bond donors (Lipinski definition) is 0. The Labute approximate surface area is 127 Å². The number of aryl methyl sites for hydroxylation is 1. The third kappa shape index (κ3) is 3.20. The maximum Gasteiger partial charge on any atom is 0.287 e. The van der Waals surface area contributed by atoms with Gasteiger partial charge in [0.05, 0.1) is 4.92 Å². The number of halogens is 1. The van der Waals surface area contributed by atoms with Gasteiger partial charge < -0.3 is 4.90 Å². The van der Waals surface area contributed by atoms with Crippen molar-refractivity contribution in [2.24, 2.45) is 0 Å². The Kier molecular flexibility index (Phi) is 4.37. The first-order chi connectivity index (χ1) is 10.4. The SMILES string of the molecule is Cc1ccc(CN(C)c2ccc([N+](=O)[O-])c(C#N)c2)cc1F. The molecular weight excluding hydrogens is 285 g/mol. The number of nitro benzene ring substituents is 1. The van der Waals surface area contributed by atoms with Crippen molar-refractivity contribution >= 4 is 11.4 Å². The minimum absolute atomic E-state index is 0.00411. The molecule has 2 aromatic carbocycles. The third-order valence-corrected chi connectivity index (χ3v) is 3.39. The fourth-order valence-electron chi connectivity index (χ4n) is 2.11. The lowest BCUT2D eigenvalue weighted by molar-refractivity contribution is -0.385. The van der Waals surface area contributed by atoms with Gasteiger partial charge in [-0.3, -0.25) is 10.1 Å². The van der Waals surface area contributed by atoms with E-state index >= 15 is 0 Å². The van der Waals surface area contributed by atoms with Crippen LogP contribution in [0.25, 0.3) is 0 Å². The molecule has 0 saturated carbocycles. The standard InChI is InChI=1S/C16H14FN3O2/c1-11-3-4-12(7-15(11)17)10-19(2)14-5-6-16(20(21)22)13(8-14)9-18/h3-8H,10H2,1-2H3. The number of hydrogen-bond acceptors (Lipinski definition) is 4. The van der Waals surface area contributed by atoms with Crippen LogP contribution in [0.15, 0.2) is 36.4 Å². The fraction of sp³-hybridized carbons (Fsp3) is 0.188. The van der Waals surface area contributed by atoms with Crippen molar-refractivity contribution in [3.05, 3.63) is 69.0 Å². The van der Waals surface area contributed by atoms with Gasteiger partial charge in [0.25, 0.3) is 5.69 Å². The van der Waals surface area contributed by atoms with Crippen molar-refractivity contribution < 1.29 is 9.31 Å². The van der Waals surface area contributed by atoms with Gasteiger partial charge in [0.1, 0.15) is 17.4 Å². The van der Waals surface area contributed by atoms with E-state index in [0.29, 0.717) is 17.8 Å². The quantitative estimate of drug-likeness (QED) is 0.639. The normalized spacial score (nSPS) is 10.1. The molecule has 0 aliphatic heterocycles. The van der Waals surface area contributed by atoms with Crippen molar-refractivity contribution in [2.75, 3.05) is 11.9 Å². The van der Waals surface area contributed by atoms with E-state index in [0.717, 1.165) is 5.56 Å². The predicted molar refractivity (Wildman–Crippen MR) is 81.1 cm³/mol. The monoisotopic (exact) mass is 299 g/mol. The van der Waals surface area contributed by atoms with E-state index in [-0.39, 0.29) is 17.1 Å². The summed E-state index contributed by atoms with van der Waals surface area (Å²) in [5.41, 5.74) is 1.80. The van der Waals surface area contributed by atoms with E-state index in [1.54, 1.807) is 31.0 Å². The third-order valence-electron chi connectivity index (χ3n) is 3.39. The van der Waals surface area contributed by atoms with E-state index in [9.17, 15) is 14.5 Å². The largest absolute Gasteiger partial charge is 0.370 e. The number of nitrogens with zero attached hydrogens (tertiary/aromatic N) is 3. The van der Waals surface area contributed by atoms with Gasteiger partial charge in [-0.2, -0.15) is 5.26 Å². The molecule has 6 heteroatoms. The number of nitro groups is 1. The topological polar surface area (TPSA) is 70.2 Å². The minimum Gasteiger partial charge on any atom is -0.370 e. The van der Waals surface area contributed by atoms with Gasteiger partial charge in [-0.1, -0.05) is 12.1 Å².